The molecular weight excluding hydrogens is 607 g/mol. The fourth-order valence-corrected chi connectivity index (χ4v) is 6.83. The molecule has 0 fully saturated rings. The van der Waals surface area contributed by atoms with Gasteiger partial charge in [-0.05, 0) is 51.7 Å². The van der Waals surface area contributed by atoms with Crippen molar-refractivity contribution >= 4 is 21.7 Å². The zero-order valence-electron chi connectivity index (χ0n) is 27.2. The predicted molar refractivity (Wildman–Crippen MR) is 207 cm³/mol. The Labute approximate surface area is 291 Å². The summed E-state index contributed by atoms with van der Waals surface area (Å²) < 4.78 is 0. The van der Waals surface area contributed by atoms with Crippen molar-refractivity contribution in [3.8, 4) is 67.4 Å². The van der Waals surface area contributed by atoms with Crippen molar-refractivity contribution in [1.82, 2.24) is 15.0 Å². The Bertz CT molecular complexity index is 2560. The molecular formula is C47H31N3. The summed E-state index contributed by atoms with van der Waals surface area (Å²) in [6.07, 6.45) is 0. The van der Waals surface area contributed by atoms with E-state index in [1.807, 2.05) is 42.5 Å². The molecule has 0 aliphatic rings. The first-order valence-electron chi connectivity index (χ1n) is 16.9. The average molecular weight is 638 g/mol. The largest absolute Gasteiger partial charge is 0.247 e. The first-order chi connectivity index (χ1) is 24.8. The van der Waals surface area contributed by atoms with E-state index in [2.05, 4.69) is 146 Å². The summed E-state index contributed by atoms with van der Waals surface area (Å²) in [5.41, 5.74) is 12.3. The summed E-state index contributed by atoms with van der Waals surface area (Å²) in [6, 6.07) is 65.5. The van der Waals surface area contributed by atoms with Crippen molar-refractivity contribution in [3.05, 3.63) is 188 Å². The fourth-order valence-electron chi connectivity index (χ4n) is 6.83. The number of nitrogens with zero attached hydrogens (tertiary/aromatic N) is 3. The minimum Gasteiger partial charge on any atom is -0.247 e. The molecule has 0 bridgehead atoms. The van der Waals surface area contributed by atoms with Crippen LogP contribution in [0, 0.1) is 0 Å². The molecule has 2 aromatic heterocycles. The molecule has 0 aliphatic heterocycles. The lowest BCUT2D eigenvalue weighted by Gasteiger charge is -2.17. The summed E-state index contributed by atoms with van der Waals surface area (Å²) in [7, 11) is 0. The second-order valence-corrected chi connectivity index (χ2v) is 12.4. The molecule has 9 rings (SSSR count). The Morgan fingerprint density at radius 3 is 1.38 bits per heavy atom. The van der Waals surface area contributed by atoms with Crippen LogP contribution in [0.15, 0.2) is 188 Å². The van der Waals surface area contributed by atoms with Crippen LogP contribution in [0.2, 0.25) is 0 Å². The van der Waals surface area contributed by atoms with Gasteiger partial charge in [0.15, 0.2) is 5.82 Å². The first kappa shape index (κ1) is 29.4. The molecule has 234 valence electrons. The summed E-state index contributed by atoms with van der Waals surface area (Å²) in [5.74, 6) is 0.681. The summed E-state index contributed by atoms with van der Waals surface area (Å²) in [4.78, 5) is 15.7. The van der Waals surface area contributed by atoms with E-state index in [1.54, 1.807) is 0 Å². The van der Waals surface area contributed by atoms with Gasteiger partial charge in [0.25, 0.3) is 0 Å². The zero-order valence-corrected chi connectivity index (χ0v) is 27.2. The van der Waals surface area contributed by atoms with Crippen molar-refractivity contribution in [1.29, 1.82) is 0 Å². The van der Waals surface area contributed by atoms with Gasteiger partial charge in [-0.2, -0.15) is 0 Å². The molecule has 0 amide bonds. The van der Waals surface area contributed by atoms with E-state index in [0.717, 1.165) is 72.5 Å². The Morgan fingerprint density at radius 1 is 0.300 bits per heavy atom. The van der Waals surface area contributed by atoms with Crippen LogP contribution >= 0.6 is 0 Å². The molecule has 3 nitrogen and oxygen atoms in total. The molecule has 9 aromatic rings. The number of aromatic nitrogens is 3. The molecule has 50 heavy (non-hydrogen) atoms. The van der Waals surface area contributed by atoms with Gasteiger partial charge in [-0.1, -0.05) is 164 Å². The van der Waals surface area contributed by atoms with Crippen molar-refractivity contribution in [2.75, 3.05) is 0 Å². The maximum absolute atomic E-state index is 5.44. The number of pyridine rings is 1. The molecule has 2 heterocycles. The Balaban J connectivity index is 1.30. The van der Waals surface area contributed by atoms with Crippen LogP contribution in [-0.2, 0) is 0 Å². The van der Waals surface area contributed by atoms with Crippen LogP contribution in [0.5, 0.6) is 0 Å². The van der Waals surface area contributed by atoms with Crippen molar-refractivity contribution in [2.45, 2.75) is 0 Å². The van der Waals surface area contributed by atoms with Gasteiger partial charge in [-0.15, -0.1) is 0 Å². The molecule has 0 atom stereocenters. The van der Waals surface area contributed by atoms with E-state index in [-0.39, 0.29) is 0 Å². The van der Waals surface area contributed by atoms with Crippen molar-refractivity contribution < 1.29 is 0 Å². The number of benzene rings is 7. The predicted octanol–water partition coefficient (Wildman–Crippen LogP) is 12.2. The van der Waals surface area contributed by atoms with Crippen molar-refractivity contribution in [3.63, 3.8) is 0 Å². The molecule has 3 heteroatoms. The third kappa shape index (κ3) is 5.51. The maximum atomic E-state index is 5.44. The second kappa shape index (κ2) is 12.7. The maximum Gasteiger partial charge on any atom is 0.160 e. The zero-order chi connectivity index (χ0) is 33.3. The SMILES string of the molecule is c1ccc(-c2cc(-c3ccccc3)nc(-c3cccc(-c4cc5ccccc5c5c(-c6ccccc6)cc(-c6ccccc6)nc45)c3)n2)cc1. The molecule has 0 saturated heterocycles. The Hall–Kier alpha value is -6.71. The summed E-state index contributed by atoms with van der Waals surface area (Å²) >= 11 is 0. The van der Waals surface area contributed by atoms with Crippen LogP contribution in [0.1, 0.15) is 0 Å². The minimum absolute atomic E-state index is 0.681. The lowest BCUT2D eigenvalue weighted by Crippen LogP contribution is -1.97. The second-order valence-electron chi connectivity index (χ2n) is 12.4. The highest BCUT2D eigenvalue weighted by Crippen LogP contribution is 2.42. The molecule has 0 saturated carbocycles. The molecule has 0 spiro atoms. The fraction of sp³-hybridized carbons (Fsp3) is 0. The summed E-state index contributed by atoms with van der Waals surface area (Å²) in [5, 5.41) is 3.49. The highest BCUT2D eigenvalue weighted by atomic mass is 14.9. The number of rotatable bonds is 6. The number of hydrogen-bond donors (Lipinski definition) is 0. The normalized spacial score (nSPS) is 11.2. The molecule has 0 aliphatic carbocycles. The van der Waals surface area contributed by atoms with Gasteiger partial charge in [0.05, 0.1) is 22.6 Å². The molecule has 0 radical (unpaired) electrons. The van der Waals surface area contributed by atoms with Gasteiger partial charge in [-0.25, -0.2) is 15.0 Å². The van der Waals surface area contributed by atoms with Gasteiger partial charge in [0.1, 0.15) is 0 Å². The van der Waals surface area contributed by atoms with E-state index in [1.165, 1.54) is 10.8 Å². The van der Waals surface area contributed by atoms with E-state index in [9.17, 15) is 0 Å². The average Bonchev–Trinajstić information content (AvgIpc) is 3.21. The van der Waals surface area contributed by atoms with Crippen molar-refractivity contribution in [2.24, 2.45) is 0 Å². The third-order valence-electron chi connectivity index (χ3n) is 9.26. The van der Waals surface area contributed by atoms with Crippen LogP contribution in [0.4, 0.5) is 0 Å². The van der Waals surface area contributed by atoms with E-state index in [0.29, 0.717) is 5.82 Å². The lowest BCUT2D eigenvalue weighted by molar-refractivity contribution is 1.18. The molecule has 0 N–H and O–H groups in total. The highest BCUT2D eigenvalue weighted by Gasteiger charge is 2.18. The third-order valence-corrected chi connectivity index (χ3v) is 9.26. The van der Waals surface area contributed by atoms with E-state index in [4.69, 9.17) is 15.0 Å². The minimum atomic E-state index is 0.681. The monoisotopic (exact) mass is 637 g/mol. The smallest absolute Gasteiger partial charge is 0.160 e. The van der Waals surface area contributed by atoms with E-state index >= 15 is 0 Å². The summed E-state index contributed by atoms with van der Waals surface area (Å²) in [6.45, 7) is 0. The van der Waals surface area contributed by atoms with E-state index < -0.39 is 0 Å². The van der Waals surface area contributed by atoms with Crippen LogP contribution < -0.4 is 0 Å². The van der Waals surface area contributed by atoms with Gasteiger partial charge < -0.3 is 0 Å². The van der Waals surface area contributed by atoms with Gasteiger partial charge in [-0.3, -0.25) is 0 Å². The lowest BCUT2D eigenvalue weighted by atomic mass is 9.90. The van der Waals surface area contributed by atoms with Crippen LogP contribution in [-0.4, -0.2) is 15.0 Å². The quantitative estimate of drug-likeness (QED) is 0.170. The van der Waals surface area contributed by atoms with Crippen LogP contribution in [0.3, 0.4) is 0 Å². The van der Waals surface area contributed by atoms with Gasteiger partial charge >= 0.3 is 0 Å². The van der Waals surface area contributed by atoms with Gasteiger partial charge in [0.2, 0.25) is 0 Å². The van der Waals surface area contributed by atoms with Gasteiger partial charge in [0, 0.05) is 33.2 Å². The Kier molecular flexibility index (Phi) is 7.49. The van der Waals surface area contributed by atoms with Crippen LogP contribution in [0.25, 0.3) is 89.1 Å². The number of fused-ring (bicyclic) bond motifs is 3. The molecule has 0 unspecified atom stereocenters. The standard InChI is InChI=1S/C47H31N3/c1-5-16-32(17-6-1)40-30-42(33-18-7-2-8-19-33)48-46-41(29-37-24-13-14-27-39(37)45(40)46)36-25-15-26-38(28-36)47-49-43(34-20-9-3-10-21-34)31-44(50-47)35-22-11-4-12-23-35/h1-31H. The topological polar surface area (TPSA) is 38.7 Å². The Morgan fingerprint density at radius 2 is 0.780 bits per heavy atom. The first-order valence-corrected chi connectivity index (χ1v) is 16.9. The highest BCUT2D eigenvalue weighted by molar-refractivity contribution is 6.18. The number of hydrogen-bond acceptors (Lipinski definition) is 3. The molecule has 7 aromatic carbocycles.